The van der Waals surface area contributed by atoms with E-state index < -0.39 is 0 Å². The molecule has 0 unspecified atom stereocenters. The summed E-state index contributed by atoms with van der Waals surface area (Å²) >= 11 is 0. The molecule has 122 valence electrons. The van der Waals surface area contributed by atoms with Gasteiger partial charge in [-0.15, -0.1) is 0 Å². The van der Waals surface area contributed by atoms with E-state index in [2.05, 4.69) is 32.4 Å². The van der Waals surface area contributed by atoms with Crippen LogP contribution >= 0.6 is 0 Å². The molecule has 0 atom stereocenters. The van der Waals surface area contributed by atoms with Gasteiger partial charge in [-0.25, -0.2) is 9.97 Å². The molecule has 0 radical (unpaired) electrons. The zero-order valence-electron chi connectivity index (χ0n) is 13.4. The summed E-state index contributed by atoms with van der Waals surface area (Å²) in [5, 5.41) is 4.07. The third-order valence-electron chi connectivity index (χ3n) is 4.04. The van der Waals surface area contributed by atoms with Crippen molar-refractivity contribution in [3.8, 4) is 0 Å². The first-order chi connectivity index (χ1) is 12.3. The highest BCUT2D eigenvalue weighted by Gasteiger charge is 2.14. The fraction of sp³-hybridized carbons (Fsp3) is 0.0500. The quantitative estimate of drug-likeness (QED) is 0.547. The Morgan fingerprint density at radius 1 is 1.00 bits per heavy atom. The Bertz CT molecular complexity index is 1010. The molecule has 0 aliphatic heterocycles. The number of anilines is 1. The minimum absolute atomic E-state index is 0.0682. The summed E-state index contributed by atoms with van der Waals surface area (Å²) in [6.45, 7) is 0.690. The Morgan fingerprint density at radius 3 is 2.68 bits per heavy atom. The average molecular weight is 328 g/mol. The van der Waals surface area contributed by atoms with Gasteiger partial charge in [-0.2, -0.15) is 0 Å². The van der Waals surface area contributed by atoms with E-state index in [4.69, 9.17) is 0 Å². The number of carbonyl (C=O) groups is 1. The zero-order chi connectivity index (χ0) is 17.1. The van der Waals surface area contributed by atoms with E-state index in [0.29, 0.717) is 23.3 Å². The van der Waals surface area contributed by atoms with Crippen molar-refractivity contribution in [2.24, 2.45) is 0 Å². The Balaban J connectivity index is 1.51. The van der Waals surface area contributed by atoms with Crippen LogP contribution in [0.5, 0.6) is 0 Å². The molecule has 0 saturated carbocycles. The molecular formula is C20H16N4O. The summed E-state index contributed by atoms with van der Waals surface area (Å²) in [7, 11) is 0. The van der Waals surface area contributed by atoms with E-state index in [9.17, 15) is 4.79 Å². The Kier molecular flexibility index (Phi) is 3.96. The number of H-pyrrole nitrogens is 1. The molecule has 2 N–H and O–H groups in total. The van der Waals surface area contributed by atoms with E-state index in [1.54, 1.807) is 24.7 Å². The number of hydrogen-bond donors (Lipinski definition) is 2. The number of nitrogens with zero attached hydrogens (tertiary/aromatic N) is 2. The molecule has 0 fully saturated rings. The van der Waals surface area contributed by atoms with E-state index in [1.165, 1.54) is 5.56 Å². The second kappa shape index (κ2) is 6.57. The van der Waals surface area contributed by atoms with Crippen LogP contribution in [0.15, 0.2) is 73.2 Å². The maximum absolute atomic E-state index is 12.7. The molecule has 0 amide bonds. The van der Waals surface area contributed by atoms with Crippen molar-refractivity contribution in [2.75, 3.05) is 5.32 Å². The van der Waals surface area contributed by atoms with Crippen molar-refractivity contribution in [1.29, 1.82) is 0 Å². The summed E-state index contributed by atoms with van der Waals surface area (Å²) < 4.78 is 0. The van der Waals surface area contributed by atoms with Crippen LogP contribution in [0.1, 0.15) is 21.5 Å². The predicted molar refractivity (Wildman–Crippen MR) is 97.5 cm³/mol. The number of pyridine rings is 2. The molecule has 25 heavy (non-hydrogen) atoms. The number of carbonyl (C=O) groups excluding carboxylic acids is 1. The Hall–Kier alpha value is -3.47. The van der Waals surface area contributed by atoms with Crippen molar-refractivity contribution in [3.63, 3.8) is 0 Å². The third kappa shape index (κ3) is 3.12. The molecule has 0 aliphatic carbocycles. The number of hydrogen-bond acceptors (Lipinski definition) is 4. The second-order valence-corrected chi connectivity index (χ2v) is 5.70. The second-order valence-electron chi connectivity index (χ2n) is 5.70. The number of aromatic amines is 1. The highest BCUT2D eigenvalue weighted by atomic mass is 16.1. The van der Waals surface area contributed by atoms with Gasteiger partial charge < -0.3 is 10.3 Å². The highest BCUT2D eigenvalue weighted by molar-refractivity contribution is 6.15. The lowest BCUT2D eigenvalue weighted by Crippen LogP contribution is -2.04. The normalized spacial score (nSPS) is 10.7. The molecule has 1 aromatic carbocycles. The van der Waals surface area contributed by atoms with Gasteiger partial charge in [0.15, 0.2) is 5.78 Å². The van der Waals surface area contributed by atoms with Crippen LogP contribution < -0.4 is 5.32 Å². The zero-order valence-corrected chi connectivity index (χ0v) is 13.4. The number of fused-ring (bicyclic) bond motifs is 1. The molecular weight excluding hydrogens is 312 g/mol. The van der Waals surface area contributed by atoms with Crippen molar-refractivity contribution >= 4 is 22.6 Å². The minimum Gasteiger partial charge on any atom is -0.366 e. The minimum atomic E-state index is -0.0682. The lowest BCUT2D eigenvalue weighted by atomic mass is 10.1. The Labute approximate surface area is 144 Å². The Morgan fingerprint density at radius 2 is 1.88 bits per heavy atom. The van der Waals surface area contributed by atoms with Gasteiger partial charge in [-0.05, 0) is 29.8 Å². The molecule has 4 rings (SSSR count). The first kappa shape index (κ1) is 15.1. The van der Waals surface area contributed by atoms with Crippen LogP contribution in [0.25, 0.3) is 11.0 Å². The maximum Gasteiger partial charge on any atom is 0.196 e. The number of benzene rings is 1. The third-order valence-corrected chi connectivity index (χ3v) is 4.04. The summed E-state index contributed by atoms with van der Waals surface area (Å²) in [5.41, 5.74) is 3.04. The van der Waals surface area contributed by atoms with Gasteiger partial charge in [0.05, 0.1) is 0 Å². The molecule has 5 heteroatoms. The molecule has 3 heterocycles. The lowest BCUT2D eigenvalue weighted by Gasteiger charge is -2.06. The summed E-state index contributed by atoms with van der Waals surface area (Å²) in [4.78, 5) is 24.3. The number of aromatic nitrogens is 3. The molecule has 3 aromatic heterocycles. The van der Waals surface area contributed by atoms with Crippen molar-refractivity contribution < 1.29 is 4.79 Å². The van der Waals surface area contributed by atoms with Gasteiger partial charge in [0.2, 0.25) is 0 Å². The molecule has 5 nitrogen and oxygen atoms in total. The van der Waals surface area contributed by atoms with E-state index in [0.717, 1.165) is 11.2 Å². The largest absolute Gasteiger partial charge is 0.366 e. The standard InChI is InChI=1S/C20H16N4O/c25-19(17-13-24-20-16(17)7-4-10-21-20)15-8-9-18(23-12-15)22-11-14-5-2-1-3-6-14/h1-10,12-13H,11H2,(H,21,24)(H,22,23). The fourth-order valence-corrected chi connectivity index (χ4v) is 2.72. The van der Waals surface area contributed by atoms with Gasteiger partial charge in [0, 0.05) is 41.6 Å². The van der Waals surface area contributed by atoms with Crippen LogP contribution in [0.4, 0.5) is 5.82 Å². The van der Waals surface area contributed by atoms with Gasteiger partial charge >= 0.3 is 0 Å². The predicted octanol–water partition coefficient (Wildman–Crippen LogP) is 3.80. The average Bonchev–Trinajstić information content (AvgIpc) is 3.11. The van der Waals surface area contributed by atoms with Crippen LogP contribution in [-0.4, -0.2) is 20.7 Å². The monoisotopic (exact) mass is 328 g/mol. The van der Waals surface area contributed by atoms with Crippen molar-refractivity contribution in [1.82, 2.24) is 15.0 Å². The molecule has 0 spiro atoms. The fourth-order valence-electron chi connectivity index (χ4n) is 2.72. The summed E-state index contributed by atoms with van der Waals surface area (Å²) in [6.07, 6.45) is 4.99. The molecule has 0 saturated heterocycles. The first-order valence-corrected chi connectivity index (χ1v) is 8.02. The van der Waals surface area contributed by atoms with Crippen LogP contribution in [-0.2, 0) is 6.54 Å². The van der Waals surface area contributed by atoms with E-state index >= 15 is 0 Å². The molecule has 0 aliphatic rings. The van der Waals surface area contributed by atoms with Gasteiger partial charge in [-0.1, -0.05) is 30.3 Å². The van der Waals surface area contributed by atoms with Crippen molar-refractivity contribution in [2.45, 2.75) is 6.54 Å². The lowest BCUT2D eigenvalue weighted by molar-refractivity contribution is 0.104. The highest BCUT2D eigenvalue weighted by Crippen LogP contribution is 2.19. The maximum atomic E-state index is 12.7. The van der Waals surface area contributed by atoms with Gasteiger partial charge in [-0.3, -0.25) is 4.79 Å². The number of nitrogens with one attached hydrogen (secondary N) is 2. The SMILES string of the molecule is O=C(c1ccc(NCc2ccccc2)nc1)c1c[nH]c2ncccc12. The number of ketones is 1. The smallest absolute Gasteiger partial charge is 0.196 e. The van der Waals surface area contributed by atoms with Gasteiger partial charge in [0.25, 0.3) is 0 Å². The number of rotatable bonds is 5. The molecule has 4 aromatic rings. The van der Waals surface area contributed by atoms with Gasteiger partial charge in [0.1, 0.15) is 11.5 Å². The van der Waals surface area contributed by atoms with E-state index in [-0.39, 0.29) is 5.78 Å². The van der Waals surface area contributed by atoms with Crippen LogP contribution in [0, 0.1) is 0 Å². The van der Waals surface area contributed by atoms with Crippen LogP contribution in [0.2, 0.25) is 0 Å². The summed E-state index contributed by atoms with van der Waals surface area (Å²) in [6, 6.07) is 17.4. The molecule has 0 bridgehead atoms. The van der Waals surface area contributed by atoms with Crippen LogP contribution in [0.3, 0.4) is 0 Å². The topological polar surface area (TPSA) is 70.7 Å². The van der Waals surface area contributed by atoms with E-state index in [1.807, 2.05) is 36.4 Å². The van der Waals surface area contributed by atoms with Crippen molar-refractivity contribution in [3.05, 3.63) is 89.9 Å². The summed E-state index contributed by atoms with van der Waals surface area (Å²) in [5.74, 6) is 0.669. The first-order valence-electron chi connectivity index (χ1n) is 8.02.